The number of carbonyl (C=O) groups excluding carboxylic acids is 1. The summed E-state index contributed by atoms with van der Waals surface area (Å²) >= 11 is 0. The van der Waals surface area contributed by atoms with E-state index in [1.807, 2.05) is 6.92 Å². The molecule has 24 heavy (non-hydrogen) atoms. The second-order valence-electron chi connectivity index (χ2n) is 7.79. The minimum atomic E-state index is -0.164. The standard InChI is InChI=1S/C21H42N2O/c1-6-8-9-10-11-12-13-14-15-16-17-21(4,5)19(3)20(24)23(22)18-7-2/h3,6-18,22H2,1-2,4-5H3. The van der Waals surface area contributed by atoms with Gasteiger partial charge in [-0.25, -0.2) is 5.84 Å². The molecule has 0 aliphatic rings. The van der Waals surface area contributed by atoms with Crippen LogP contribution in [0.3, 0.4) is 0 Å². The van der Waals surface area contributed by atoms with E-state index in [0.29, 0.717) is 12.1 Å². The van der Waals surface area contributed by atoms with Gasteiger partial charge in [0.05, 0.1) is 0 Å². The molecule has 0 aliphatic heterocycles. The highest BCUT2D eigenvalue weighted by Crippen LogP contribution is 2.32. The Morgan fingerprint density at radius 1 is 0.875 bits per heavy atom. The fraction of sp³-hybridized carbons (Fsp3) is 0.857. The Morgan fingerprint density at radius 3 is 1.79 bits per heavy atom. The number of unbranched alkanes of at least 4 members (excludes halogenated alkanes) is 9. The van der Waals surface area contributed by atoms with Crippen molar-refractivity contribution in [2.75, 3.05) is 6.54 Å². The topological polar surface area (TPSA) is 46.3 Å². The van der Waals surface area contributed by atoms with Gasteiger partial charge in [0, 0.05) is 12.1 Å². The van der Waals surface area contributed by atoms with Crippen LogP contribution in [0.15, 0.2) is 12.2 Å². The first kappa shape index (κ1) is 23.2. The van der Waals surface area contributed by atoms with Gasteiger partial charge in [-0.05, 0) is 18.3 Å². The number of hydrogen-bond acceptors (Lipinski definition) is 2. The first-order chi connectivity index (χ1) is 11.4. The zero-order valence-corrected chi connectivity index (χ0v) is 16.8. The molecule has 0 bridgehead atoms. The fourth-order valence-electron chi connectivity index (χ4n) is 3.01. The first-order valence-electron chi connectivity index (χ1n) is 10.1. The van der Waals surface area contributed by atoms with E-state index in [9.17, 15) is 4.79 Å². The smallest absolute Gasteiger partial charge is 0.263 e. The average Bonchev–Trinajstić information content (AvgIpc) is 2.55. The van der Waals surface area contributed by atoms with Crippen LogP contribution in [0.4, 0.5) is 0 Å². The molecule has 0 saturated carbocycles. The summed E-state index contributed by atoms with van der Waals surface area (Å²) in [4.78, 5) is 12.3. The maximum Gasteiger partial charge on any atom is 0.263 e. The van der Waals surface area contributed by atoms with E-state index in [2.05, 4.69) is 27.4 Å². The summed E-state index contributed by atoms with van der Waals surface area (Å²) < 4.78 is 0. The Hall–Kier alpha value is -0.830. The number of carbonyl (C=O) groups is 1. The average molecular weight is 339 g/mol. The van der Waals surface area contributed by atoms with Crippen LogP contribution < -0.4 is 5.84 Å². The highest BCUT2D eigenvalue weighted by Gasteiger charge is 2.28. The highest BCUT2D eigenvalue weighted by atomic mass is 16.2. The Bertz CT molecular complexity index is 350. The maximum absolute atomic E-state index is 12.3. The zero-order chi connectivity index (χ0) is 18.4. The van der Waals surface area contributed by atoms with Crippen molar-refractivity contribution in [3.8, 4) is 0 Å². The largest absolute Gasteiger partial charge is 0.277 e. The zero-order valence-electron chi connectivity index (χ0n) is 16.8. The van der Waals surface area contributed by atoms with Crippen molar-refractivity contribution in [2.24, 2.45) is 11.3 Å². The van der Waals surface area contributed by atoms with Crippen molar-refractivity contribution in [1.29, 1.82) is 0 Å². The van der Waals surface area contributed by atoms with Crippen LogP contribution >= 0.6 is 0 Å². The summed E-state index contributed by atoms with van der Waals surface area (Å²) in [5.41, 5.74) is 0.483. The van der Waals surface area contributed by atoms with Crippen LogP contribution in [-0.2, 0) is 4.79 Å². The summed E-state index contributed by atoms with van der Waals surface area (Å²) in [5, 5.41) is 1.31. The predicted molar refractivity (Wildman–Crippen MR) is 106 cm³/mol. The molecule has 1 amide bonds. The van der Waals surface area contributed by atoms with Crippen molar-refractivity contribution in [1.82, 2.24) is 5.01 Å². The normalized spacial score (nSPS) is 11.5. The van der Waals surface area contributed by atoms with Crippen molar-refractivity contribution in [3.63, 3.8) is 0 Å². The third kappa shape index (κ3) is 10.1. The van der Waals surface area contributed by atoms with E-state index >= 15 is 0 Å². The summed E-state index contributed by atoms with van der Waals surface area (Å²) in [6.45, 7) is 13.1. The lowest BCUT2D eigenvalue weighted by Gasteiger charge is -2.29. The number of amides is 1. The van der Waals surface area contributed by atoms with Crippen LogP contribution in [0.1, 0.15) is 105 Å². The highest BCUT2D eigenvalue weighted by molar-refractivity contribution is 5.93. The van der Waals surface area contributed by atoms with Crippen LogP contribution in [0.25, 0.3) is 0 Å². The summed E-state index contributed by atoms with van der Waals surface area (Å²) in [7, 11) is 0. The van der Waals surface area contributed by atoms with E-state index in [-0.39, 0.29) is 11.3 Å². The van der Waals surface area contributed by atoms with Gasteiger partial charge in [0.15, 0.2) is 0 Å². The van der Waals surface area contributed by atoms with Crippen molar-refractivity contribution < 1.29 is 4.79 Å². The SMILES string of the molecule is C=C(C(=O)N(N)CCC)C(C)(C)CCCCCCCCCCCC. The molecule has 0 fully saturated rings. The van der Waals surface area contributed by atoms with E-state index < -0.39 is 0 Å². The third-order valence-electron chi connectivity index (χ3n) is 4.96. The van der Waals surface area contributed by atoms with E-state index in [0.717, 1.165) is 19.3 Å². The molecule has 2 N–H and O–H groups in total. The second-order valence-corrected chi connectivity index (χ2v) is 7.79. The molecule has 0 rings (SSSR count). The van der Waals surface area contributed by atoms with Crippen molar-refractivity contribution >= 4 is 5.91 Å². The molecule has 0 unspecified atom stereocenters. The molecular weight excluding hydrogens is 296 g/mol. The molecule has 0 saturated heterocycles. The van der Waals surface area contributed by atoms with Gasteiger partial charge in [0.2, 0.25) is 0 Å². The maximum atomic E-state index is 12.3. The molecular formula is C21H42N2O. The monoisotopic (exact) mass is 338 g/mol. The molecule has 3 heteroatoms. The van der Waals surface area contributed by atoms with Crippen LogP contribution in [0.2, 0.25) is 0 Å². The molecule has 0 atom stereocenters. The molecule has 0 aliphatic carbocycles. The molecule has 3 nitrogen and oxygen atoms in total. The minimum Gasteiger partial charge on any atom is -0.277 e. The Labute approximate surface area is 151 Å². The molecule has 0 aromatic heterocycles. The second kappa shape index (κ2) is 13.5. The minimum absolute atomic E-state index is 0.103. The lowest BCUT2D eigenvalue weighted by atomic mass is 9.79. The first-order valence-corrected chi connectivity index (χ1v) is 10.1. The van der Waals surface area contributed by atoms with Crippen LogP contribution in [0.5, 0.6) is 0 Å². The Balaban J connectivity index is 3.84. The number of rotatable bonds is 15. The van der Waals surface area contributed by atoms with Gasteiger partial charge < -0.3 is 0 Å². The number of hydrogen-bond donors (Lipinski definition) is 1. The van der Waals surface area contributed by atoms with Gasteiger partial charge in [-0.15, -0.1) is 0 Å². The van der Waals surface area contributed by atoms with E-state index in [1.54, 1.807) is 0 Å². The number of hydrazine groups is 1. The molecule has 0 aromatic carbocycles. The van der Waals surface area contributed by atoms with Gasteiger partial charge in [0.1, 0.15) is 0 Å². The van der Waals surface area contributed by atoms with Gasteiger partial charge >= 0.3 is 0 Å². The van der Waals surface area contributed by atoms with Gasteiger partial charge in [-0.3, -0.25) is 9.80 Å². The molecule has 0 aromatic rings. The van der Waals surface area contributed by atoms with Crippen molar-refractivity contribution in [3.05, 3.63) is 12.2 Å². The Morgan fingerprint density at radius 2 is 1.33 bits per heavy atom. The van der Waals surface area contributed by atoms with E-state index in [1.165, 1.54) is 62.8 Å². The summed E-state index contributed by atoms with van der Waals surface area (Å²) in [6.07, 6.45) is 15.2. The molecule has 142 valence electrons. The predicted octanol–water partition coefficient (Wildman–Crippen LogP) is 5.99. The number of nitrogens with two attached hydrogens (primary N) is 1. The lowest BCUT2D eigenvalue weighted by Crippen LogP contribution is -2.41. The number of nitrogens with zero attached hydrogens (tertiary/aromatic N) is 1. The fourth-order valence-corrected chi connectivity index (χ4v) is 3.01. The van der Waals surface area contributed by atoms with E-state index in [4.69, 9.17) is 5.84 Å². The molecule has 0 heterocycles. The summed E-state index contributed by atoms with van der Waals surface area (Å²) in [6, 6.07) is 0. The molecule has 0 radical (unpaired) electrons. The quantitative estimate of drug-likeness (QED) is 0.131. The van der Waals surface area contributed by atoms with Crippen LogP contribution in [-0.4, -0.2) is 17.5 Å². The Kier molecular flexibility index (Phi) is 13.0. The van der Waals surface area contributed by atoms with Crippen molar-refractivity contribution in [2.45, 2.75) is 105 Å². The van der Waals surface area contributed by atoms with Gasteiger partial charge in [-0.2, -0.15) is 0 Å². The van der Waals surface area contributed by atoms with Crippen LogP contribution in [0, 0.1) is 5.41 Å². The lowest BCUT2D eigenvalue weighted by molar-refractivity contribution is -0.128. The summed E-state index contributed by atoms with van der Waals surface area (Å²) in [5.74, 6) is 5.70. The van der Waals surface area contributed by atoms with Gasteiger partial charge in [0.25, 0.3) is 5.91 Å². The molecule has 0 spiro atoms. The third-order valence-corrected chi connectivity index (χ3v) is 4.96. The van der Waals surface area contributed by atoms with Gasteiger partial charge in [-0.1, -0.05) is 98.5 Å².